The molecule has 1 fully saturated rings. The smallest absolute Gasteiger partial charge is 0.0203 e. The normalized spacial score (nSPS) is 30.7. The summed E-state index contributed by atoms with van der Waals surface area (Å²) in [5.41, 5.74) is 0. The molecule has 2 heteroatoms. The minimum atomic E-state index is 0.804. The van der Waals surface area contributed by atoms with E-state index in [1.165, 1.54) is 32.2 Å². The summed E-state index contributed by atoms with van der Waals surface area (Å²) in [6, 6.07) is 0.804. The van der Waals surface area contributed by atoms with Gasteiger partial charge >= 0.3 is 0 Å². The van der Waals surface area contributed by atoms with Crippen LogP contribution >= 0.6 is 16.1 Å². The molecule has 1 unspecified atom stereocenters. The van der Waals surface area contributed by atoms with E-state index in [1.807, 2.05) is 0 Å². The number of halogens is 1. The van der Waals surface area contributed by atoms with Crippen molar-refractivity contribution in [3.05, 3.63) is 0 Å². The molecular weight excluding hydrogens is 178 g/mol. The summed E-state index contributed by atoms with van der Waals surface area (Å²) >= 11 is 3.55. The van der Waals surface area contributed by atoms with Crippen molar-refractivity contribution < 1.29 is 0 Å². The van der Waals surface area contributed by atoms with Crippen LogP contribution in [0.15, 0.2) is 0 Å². The molecule has 0 N–H and O–H groups in total. The highest BCUT2D eigenvalue weighted by Crippen LogP contribution is 2.21. The lowest BCUT2D eigenvalue weighted by Crippen LogP contribution is -2.30. The summed E-state index contributed by atoms with van der Waals surface area (Å²) in [5, 5.41) is 0. The average molecular weight is 192 g/mol. The Bertz CT molecular complexity index is 85.0. The van der Waals surface area contributed by atoms with Crippen LogP contribution in [0.4, 0.5) is 0 Å². The lowest BCUT2D eigenvalue weighted by molar-refractivity contribution is 0.278. The van der Waals surface area contributed by atoms with E-state index in [0.717, 1.165) is 6.04 Å². The molecular formula is C7H14BrN. The summed E-state index contributed by atoms with van der Waals surface area (Å²) in [6.45, 7) is 3.49. The van der Waals surface area contributed by atoms with Crippen LogP contribution in [-0.4, -0.2) is 16.5 Å². The van der Waals surface area contributed by atoms with E-state index >= 15 is 0 Å². The van der Waals surface area contributed by atoms with E-state index in [0.29, 0.717) is 0 Å². The molecule has 0 aliphatic carbocycles. The molecule has 1 heterocycles. The van der Waals surface area contributed by atoms with Gasteiger partial charge in [-0.2, -0.15) is 0 Å². The molecule has 0 bridgehead atoms. The lowest BCUT2D eigenvalue weighted by Gasteiger charge is -2.29. The highest BCUT2D eigenvalue weighted by Gasteiger charge is 2.17. The third-order valence-corrected chi connectivity index (χ3v) is 2.96. The molecule has 1 rings (SSSR count). The van der Waals surface area contributed by atoms with Gasteiger partial charge in [0.25, 0.3) is 0 Å². The Hall–Kier alpha value is 0.440. The monoisotopic (exact) mass is 191 g/mol. The van der Waals surface area contributed by atoms with Crippen LogP contribution in [0.1, 0.15) is 32.6 Å². The first-order chi connectivity index (χ1) is 4.34. The number of nitrogens with zero attached hydrogens (tertiary/aromatic N) is 1. The Labute approximate surface area is 65.8 Å². The first kappa shape index (κ1) is 7.55. The van der Waals surface area contributed by atoms with Gasteiger partial charge in [0.15, 0.2) is 0 Å². The maximum Gasteiger partial charge on any atom is 0.0203 e. The number of hydrogen-bond acceptors (Lipinski definition) is 1. The quantitative estimate of drug-likeness (QED) is 0.577. The minimum Gasteiger partial charge on any atom is -0.239 e. The molecule has 0 aromatic carbocycles. The highest BCUT2D eigenvalue weighted by molar-refractivity contribution is 9.07. The Morgan fingerprint density at radius 2 is 2.33 bits per heavy atom. The lowest BCUT2D eigenvalue weighted by atomic mass is 10.0. The van der Waals surface area contributed by atoms with Crippen LogP contribution in [-0.2, 0) is 0 Å². The molecule has 54 valence electrons. The van der Waals surface area contributed by atoms with Crippen molar-refractivity contribution in [2.24, 2.45) is 0 Å². The maximum atomic E-state index is 3.55. The van der Waals surface area contributed by atoms with Crippen LogP contribution in [0.2, 0.25) is 0 Å². The van der Waals surface area contributed by atoms with Crippen LogP contribution in [0, 0.1) is 0 Å². The number of hydrogen-bond donors (Lipinski definition) is 0. The van der Waals surface area contributed by atoms with Crippen molar-refractivity contribution in [3.63, 3.8) is 0 Å². The van der Waals surface area contributed by atoms with E-state index < -0.39 is 0 Å². The summed E-state index contributed by atoms with van der Waals surface area (Å²) in [6.07, 6.45) is 5.44. The molecule has 0 radical (unpaired) electrons. The Morgan fingerprint density at radius 1 is 1.56 bits per heavy atom. The fourth-order valence-corrected chi connectivity index (χ4v) is 2.11. The van der Waals surface area contributed by atoms with Crippen LogP contribution in [0.25, 0.3) is 0 Å². The summed E-state index contributed by atoms with van der Waals surface area (Å²) < 4.78 is 2.30. The van der Waals surface area contributed by atoms with Gasteiger partial charge in [0.05, 0.1) is 0 Å². The molecule has 1 nitrogen and oxygen atoms in total. The van der Waals surface area contributed by atoms with Gasteiger partial charge in [-0.25, -0.2) is 3.93 Å². The van der Waals surface area contributed by atoms with E-state index in [9.17, 15) is 0 Å². The van der Waals surface area contributed by atoms with Gasteiger partial charge < -0.3 is 0 Å². The molecule has 0 saturated carbocycles. The zero-order valence-electron chi connectivity index (χ0n) is 5.94. The summed E-state index contributed by atoms with van der Waals surface area (Å²) in [7, 11) is 0. The van der Waals surface area contributed by atoms with Crippen molar-refractivity contribution in [1.82, 2.24) is 3.93 Å². The second-order valence-corrected chi connectivity index (χ2v) is 3.59. The predicted molar refractivity (Wildman–Crippen MR) is 43.6 cm³/mol. The van der Waals surface area contributed by atoms with Crippen LogP contribution < -0.4 is 0 Å². The molecule has 1 atom stereocenters. The molecule has 0 amide bonds. The van der Waals surface area contributed by atoms with Crippen molar-refractivity contribution in [2.45, 2.75) is 38.6 Å². The minimum absolute atomic E-state index is 0.804. The first-order valence-corrected chi connectivity index (χ1v) is 4.48. The van der Waals surface area contributed by atoms with E-state index in [1.54, 1.807) is 0 Å². The molecule has 1 aliphatic heterocycles. The Morgan fingerprint density at radius 3 is 2.78 bits per heavy atom. The van der Waals surface area contributed by atoms with Crippen molar-refractivity contribution in [3.8, 4) is 0 Å². The summed E-state index contributed by atoms with van der Waals surface area (Å²) in [4.78, 5) is 0. The molecule has 9 heavy (non-hydrogen) atoms. The topological polar surface area (TPSA) is 3.24 Å². The third-order valence-electron chi connectivity index (χ3n) is 2.03. The Balaban J connectivity index is 2.30. The first-order valence-electron chi connectivity index (χ1n) is 3.77. The van der Waals surface area contributed by atoms with E-state index in [4.69, 9.17) is 0 Å². The SMILES string of the molecule is CCC1CCCCN1Br. The highest BCUT2D eigenvalue weighted by atomic mass is 79.9. The second kappa shape index (κ2) is 3.57. The van der Waals surface area contributed by atoms with Gasteiger partial charge in [-0.05, 0) is 19.3 Å². The summed E-state index contributed by atoms with van der Waals surface area (Å²) in [5.74, 6) is 0. The van der Waals surface area contributed by atoms with Gasteiger partial charge in [-0.1, -0.05) is 13.3 Å². The van der Waals surface area contributed by atoms with E-state index in [2.05, 4.69) is 27.0 Å². The molecule has 1 saturated heterocycles. The van der Waals surface area contributed by atoms with Crippen LogP contribution in [0.3, 0.4) is 0 Å². The fourth-order valence-electron chi connectivity index (χ4n) is 1.37. The number of piperidine rings is 1. The molecule has 0 aromatic heterocycles. The van der Waals surface area contributed by atoms with Crippen molar-refractivity contribution in [2.75, 3.05) is 6.54 Å². The predicted octanol–water partition coefficient (Wildman–Crippen LogP) is 2.56. The van der Waals surface area contributed by atoms with Gasteiger partial charge in [-0.15, -0.1) is 0 Å². The van der Waals surface area contributed by atoms with Crippen LogP contribution in [0.5, 0.6) is 0 Å². The third kappa shape index (κ3) is 1.94. The van der Waals surface area contributed by atoms with E-state index in [-0.39, 0.29) is 0 Å². The van der Waals surface area contributed by atoms with Crippen molar-refractivity contribution >= 4 is 16.1 Å². The number of rotatable bonds is 1. The second-order valence-electron chi connectivity index (χ2n) is 2.68. The fraction of sp³-hybridized carbons (Fsp3) is 1.00. The maximum absolute atomic E-state index is 3.55. The molecule has 0 spiro atoms. The van der Waals surface area contributed by atoms with Crippen molar-refractivity contribution in [1.29, 1.82) is 0 Å². The Kier molecular flexibility index (Phi) is 2.99. The average Bonchev–Trinajstić information content (AvgIpc) is 1.89. The largest absolute Gasteiger partial charge is 0.239 e. The molecule has 1 aliphatic rings. The van der Waals surface area contributed by atoms with Gasteiger partial charge in [0, 0.05) is 28.7 Å². The zero-order chi connectivity index (χ0) is 6.69. The molecule has 0 aromatic rings. The van der Waals surface area contributed by atoms with Gasteiger partial charge in [0.1, 0.15) is 0 Å². The zero-order valence-corrected chi connectivity index (χ0v) is 7.52. The van der Waals surface area contributed by atoms with Gasteiger partial charge in [0.2, 0.25) is 0 Å². The standard InChI is InChI=1S/C7H14BrN/c1-2-7-5-3-4-6-9(7)8/h7H,2-6H2,1H3. The van der Waals surface area contributed by atoms with Gasteiger partial charge in [-0.3, -0.25) is 0 Å².